The van der Waals surface area contributed by atoms with Gasteiger partial charge in [0.25, 0.3) is 10.0 Å². The lowest BCUT2D eigenvalue weighted by atomic mass is 9.97. The van der Waals surface area contributed by atoms with E-state index in [1.165, 1.54) is 9.01 Å². The van der Waals surface area contributed by atoms with Crippen LogP contribution in [0.3, 0.4) is 0 Å². The number of benzene rings is 3. The minimum atomic E-state index is -3.72. The predicted octanol–water partition coefficient (Wildman–Crippen LogP) is 4.36. The van der Waals surface area contributed by atoms with Crippen LogP contribution in [0.4, 0.5) is 5.69 Å². The van der Waals surface area contributed by atoms with Gasteiger partial charge in [0.05, 0.1) is 25.8 Å². The lowest BCUT2D eigenvalue weighted by molar-refractivity contribution is -0.130. The van der Waals surface area contributed by atoms with Gasteiger partial charge in [0.1, 0.15) is 6.54 Å². The van der Waals surface area contributed by atoms with Crippen LogP contribution in [0.5, 0.6) is 0 Å². The van der Waals surface area contributed by atoms with Crippen molar-refractivity contribution in [3.63, 3.8) is 0 Å². The van der Waals surface area contributed by atoms with Gasteiger partial charge >= 0.3 is 0 Å². The summed E-state index contributed by atoms with van der Waals surface area (Å²) in [6, 6.07) is 18.9. The maximum absolute atomic E-state index is 13.2. The van der Waals surface area contributed by atoms with Gasteiger partial charge in [-0.2, -0.15) is 0 Å². The summed E-state index contributed by atoms with van der Waals surface area (Å²) in [5, 5.41) is 2.70. The van der Waals surface area contributed by atoms with Crippen LogP contribution < -0.4 is 4.31 Å². The van der Waals surface area contributed by atoms with Gasteiger partial charge in [-0.05, 0) is 42.5 Å². The third-order valence-electron chi connectivity index (χ3n) is 6.47. The van der Waals surface area contributed by atoms with E-state index in [-0.39, 0.29) is 17.3 Å². The summed E-state index contributed by atoms with van der Waals surface area (Å²) >= 11 is 1.73. The summed E-state index contributed by atoms with van der Waals surface area (Å²) in [5.74, 6) is 0.186. The van der Waals surface area contributed by atoms with Crippen molar-refractivity contribution in [1.82, 2.24) is 9.88 Å². The summed E-state index contributed by atoms with van der Waals surface area (Å²) in [7, 11) is -3.72. The molecule has 3 aromatic carbocycles. The largest absolute Gasteiger partial charge is 0.341 e. The van der Waals surface area contributed by atoms with Gasteiger partial charge in [-0.1, -0.05) is 36.4 Å². The normalized spacial score (nSPS) is 18.0. The molecule has 1 fully saturated rings. The van der Waals surface area contributed by atoms with Gasteiger partial charge in [-0.3, -0.25) is 9.10 Å². The van der Waals surface area contributed by atoms with Crippen molar-refractivity contribution in [3.8, 4) is 0 Å². The van der Waals surface area contributed by atoms with Crippen LogP contribution >= 0.6 is 11.3 Å². The van der Waals surface area contributed by atoms with Gasteiger partial charge < -0.3 is 4.90 Å². The van der Waals surface area contributed by atoms with Gasteiger partial charge in [0.15, 0.2) is 0 Å². The average Bonchev–Trinajstić information content (AvgIpc) is 3.34. The van der Waals surface area contributed by atoms with Crippen LogP contribution in [-0.4, -0.2) is 43.8 Å². The number of para-hydroxylation sites is 1. The van der Waals surface area contributed by atoms with E-state index in [0.29, 0.717) is 30.1 Å². The van der Waals surface area contributed by atoms with Crippen molar-refractivity contribution in [2.75, 3.05) is 23.9 Å². The Labute approximate surface area is 190 Å². The lowest BCUT2D eigenvalue weighted by Gasteiger charge is -2.32. The first kappa shape index (κ1) is 19.7. The number of fused-ring (bicyclic) bond motifs is 1. The number of sulfonamides is 1. The number of carbonyl (C=O) groups excluding carboxylic acids is 1. The second-order valence-electron chi connectivity index (χ2n) is 8.32. The van der Waals surface area contributed by atoms with E-state index < -0.39 is 10.0 Å². The van der Waals surface area contributed by atoms with Crippen LogP contribution in [0.25, 0.3) is 21.0 Å². The van der Waals surface area contributed by atoms with Gasteiger partial charge in [0, 0.05) is 24.4 Å². The smallest absolute Gasteiger partial charge is 0.265 e. The molecule has 4 aromatic rings. The Kier molecular flexibility index (Phi) is 4.48. The summed E-state index contributed by atoms with van der Waals surface area (Å²) in [5.41, 5.74) is 1.62. The molecule has 0 atom stereocenters. The van der Waals surface area contributed by atoms with E-state index in [2.05, 4.69) is 6.07 Å². The molecule has 6 nitrogen and oxygen atoms in total. The molecule has 8 heteroatoms. The summed E-state index contributed by atoms with van der Waals surface area (Å²) in [6.07, 6.45) is 1.68. The highest BCUT2D eigenvalue weighted by atomic mass is 32.2. The van der Waals surface area contributed by atoms with E-state index in [4.69, 9.17) is 4.98 Å². The lowest BCUT2D eigenvalue weighted by Crippen LogP contribution is -2.44. The summed E-state index contributed by atoms with van der Waals surface area (Å²) in [4.78, 5) is 20.0. The minimum Gasteiger partial charge on any atom is -0.341 e. The Morgan fingerprint density at radius 1 is 1.00 bits per heavy atom. The molecule has 1 aromatic heterocycles. The molecule has 0 aliphatic carbocycles. The van der Waals surface area contributed by atoms with Crippen molar-refractivity contribution < 1.29 is 13.2 Å². The van der Waals surface area contributed by atoms with E-state index >= 15 is 0 Å². The van der Waals surface area contributed by atoms with Crippen molar-refractivity contribution in [1.29, 1.82) is 0 Å². The maximum Gasteiger partial charge on any atom is 0.265 e. The highest BCUT2D eigenvalue weighted by Crippen LogP contribution is 2.42. The Morgan fingerprint density at radius 2 is 1.75 bits per heavy atom. The zero-order valence-corrected chi connectivity index (χ0v) is 18.9. The highest BCUT2D eigenvalue weighted by molar-refractivity contribution is 7.93. The van der Waals surface area contributed by atoms with Crippen LogP contribution in [-0.2, 0) is 14.8 Å². The molecule has 0 bridgehead atoms. The standard InChI is InChI=1S/C24H21N3O3S2/c28-22(15-27-19-8-3-5-16-6-4-10-21(23(16)19)32(27,29)30)26-13-11-17(12-14-26)24-25-18-7-1-2-9-20(18)31-24/h1-10,17H,11-15H2. The number of carbonyl (C=O) groups is 1. The first-order chi connectivity index (χ1) is 15.5. The highest BCUT2D eigenvalue weighted by Gasteiger charge is 2.38. The molecular formula is C24H21N3O3S2. The van der Waals surface area contributed by atoms with Crippen LogP contribution in [0.2, 0.25) is 0 Å². The fourth-order valence-corrected chi connectivity index (χ4v) is 7.59. The quantitative estimate of drug-likeness (QED) is 0.453. The molecular weight excluding hydrogens is 442 g/mol. The predicted molar refractivity (Wildman–Crippen MR) is 127 cm³/mol. The molecule has 0 saturated carbocycles. The number of likely N-dealkylation sites (tertiary alicyclic amines) is 1. The molecule has 0 spiro atoms. The monoisotopic (exact) mass is 463 g/mol. The average molecular weight is 464 g/mol. The molecule has 2 aliphatic rings. The van der Waals surface area contributed by atoms with Crippen molar-refractivity contribution in [2.45, 2.75) is 23.7 Å². The fraction of sp³-hybridized carbons (Fsp3) is 0.250. The number of hydrogen-bond acceptors (Lipinski definition) is 5. The first-order valence-corrected chi connectivity index (χ1v) is 13.0. The van der Waals surface area contributed by atoms with Gasteiger partial charge in [-0.25, -0.2) is 13.4 Å². The van der Waals surface area contributed by atoms with Crippen molar-refractivity contribution in [3.05, 3.63) is 65.7 Å². The zero-order chi connectivity index (χ0) is 21.9. The second-order valence-corrected chi connectivity index (χ2v) is 11.2. The van der Waals surface area contributed by atoms with E-state index in [1.807, 2.05) is 36.4 Å². The Hall–Kier alpha value is -2.97. The molecule has 0 radical (unpaired) electrons. The molecule has 2 aliphatic heterocycles. The SMILES string of the molecule is O=C(CN1c2cccc3cccc(c23)S1(=O)=O)N1CCC(c2nc3ccccc3s2)CC1. The fourth-order valence-electron chi connectivity index (χ4n) is 4.79. The molecule has 1 amide bonds. The zero-order valence-electron chi connectivity index (χ0n) is 17.3. The summed E-state index contributed by atoms with van der Waals surface area (Å²) < 4.78 is 28.8. The molecule has 0 N–H and O–H groups in total. The number of amides is 1. The van der Waals surface area contributed by atoms with Crippen molar-refractivity contribution >= 4 is 53.9 Å². The van der Waals surface area contributed by atoms with Gasteiger partial charge in [0.2, 0.25) is 5.91 Å². The maximum atomic E-state index is 13.2. The molecule has 0 unspecified atom stereocenters. The third kappa shape index (κ3) is 3.01. The number of thiazole rings is 1. The Balaban J connectivity index is 1.19. The Morgan fingerprint density at radius 3 is 2.53 bits per heavy atom. The second kappa shape index (κ2) is 7.28. The topological polar surface area (TPSA) is 70.6 Å². The number of anilines is 1. The van der Waals surface area contributed by atoms with E-state index in [1.54, 1.807) is 34.4 Å². The number of aromatic nitrogens is 1. The molecule has 32 heavy (non-hydrogen) atoms. The minimum absolute atomic E-state index is 0.152. The third-order valence-corrected chi connectivity index (χ3v) is 9.47. The van der Waals surface area contributed by atoms with Crippen LogP contribution in [0.15, 0.2) is 65.6 Å². The van der Waals surface area contributed by atoms with E-state index in [0.717, 1.165) is 28.8 Å². The van der Waals surface area contributed by atoms with Crippen LogP contribution in [0.1, 0.15) is 23.8 Å². The Bertz CT molecular complexity index is 1430. The number of piperidine rings is 1. The van der Waals surface area contributed by atoms with Gasteiger partial charge in [-0.15, -0.1) is 11.3 Å². The summed E-state index contributed by atoms with van der Waals surface area (Å²) in [6.45, 7) is 1.07. The van der Waals surface area contributed by atoms with Crippen molar-refractivity contribution in [2.24, 2.45) is 0 Å². The number of nitrogens with zero attached hydrogens (tertiary/aromatic N) is 3. The molecule has 162 valence electrons. The number of hydrogen-bond donors (Lipinski definition) is 0. The van der Waals surface area contributed by atoms with Crippen LogP contribution in [0, 0.1) is 0 Å². The molecule has 6 rings (SSSR count). The van der Waals surface area contributed by atoms with E-state index in [9.17, 15) is 13.2 Å². The number of rotatable bonds is 3. The molecule has 3 heterocycles. The molecule has 1 saturated heterocycles. The first-order valence-electron chi connectivity index (χ1n) is 10.7.